The number of ether oxygens (including phenoxy) is 1. The van der Waals surface area contributed by atoms with Gasteiger partial charge in [0, 0.05) is 6.07 Å². The highest BCUT2D eigenvalue weighted by molar-refractivity contribution is 5.90. The Labute approximate surface area is 119 Å². The summed E-state index contributed by atoms with van der Waals surface area (Å²) in [6, 6.07) is 7.62. The van der Waals surface area contributed by atoms with Gasteiger partial charge in [-0.05, 0) is 24.6 Å². The van der Waals surface area contributed by atoms with Crippen molar-refractivity contribution in [3.05, 3.63) is 57.5 Å². The summed E-state index contributed by atoms with van der Waals surface area (Å²) in [4.78, 5) is 21.7. The smallest absolute Gasteiger partial charge is 0.311 e. The average Bonchev–Trinajstić information content (AvgIpc) is 2.93. The lowest BCUT2D eigenvalue weighted by Gasteiger charge is -2.07. The molecule has 0 saturated carbocycles. The van der Waals surface area contributed by atoms with Gasteiger partial charge in [0.1, 0.15) is 12.4 Å². The third-order valence-corrected chi connectivity index (χ3v) is 2.76. The minimum absolute atomic E-state index is 0.0374. The van der Waals surface area contributed by atoms with E-state index in [1.165, 1.54) is 18.2 Å². The van der Waals surface area contributed by atoms with Crippen molar-refractivity contribution in [1.29, 1.82) is 0 Å². The molecule has 1 heterocycles. The van der Waals surface area contributed by atoms with Crippen LogP contribution in [0.25, 0.3) is 0 Å². The standard InChI is InChI=1S/C13H13N3O5/c1-8-3-2-4-10(16(18)19)12(8)20-7-9-5-6-11(21-9)13(17)15-14/h2-6H,7,14H2,1H3,(H,15,17). The van der Waals surface area contributed by atoms with Gasteiger partial charge in [-0.3, -0.25) is 20.3 Å². The van der Waals surface area contributed by atoms with Crippen LogP contribution < -0.4 is 16.0 Å². The van der Waals surface area contributed by atoms with Crippen LogP contribution in [0.3, 0.4) is 0 Å². The van der Waals surface area contributed by atoms with E-state index in [4.69, 9.17) is 15.0 Å². The number of hydrogen-bond acceptors (Lipinski definition) is 6. The number of carbonyl (C=O) groups is 1. The van der Waals surface area contributed by atoms with Gasteiger partial charge in [-0.2, -0.15) is 0 Å². The monoisotopic (exact) mass is 291 g/mol. The summed E-state index contributed by atoms with van der Waals surface area (Å²) in [5.41, 5.74) is 2.45. The second-order valence-electron chi connectivity index (χ2n) is 4.21. The molecule has 0 aliphatic rings. The Kier molecular flexibility index (Phi) is 4.19. The van der Waals surface area contributed by atoms with Crippen molar-refractivity contribution in [2.75, 3.05) is 0 Å². The van der Waals surface area contributed by atoms with E-state index in [-0.39, 0.29) is 23.8 Å². The number of hydrogen-bond donors (Lipinski definition) is 2. The van der Waals surface area contributed by atoms with E-state index in [0.29, 0.717) is 11.3 Å². The number of benzene rings is 1. The summed E-state index contributed by atoms with van der Waals surface area (Å²) in [6.07, 6.45) is 0. The SMILES string of the molecule is Cc1cccc([N+](=O)[O-])c1OCc1ccc(C(=O)NN)o1. The number of amides is 1. The quantitative estimate of drug-likeness (QED) is 0.374. The molecule has 21 heavy (non-hydrogen) atoms. The second kappa shape index (κ2) is 6.06. The Morgan fingerprint density at radius 1 is 1.43 bits per heavy atom. The normalized spacial score (nSPS) is 10.2. The number of aryl methyl sites for hydroxylation is 1. The maximum atomic E-state index is 11.2. The van der Waals surface area contributed by atoms with Crippen LogP contribution in [0.2, 0.25) is 0 Å². The number of furan rings is 1. The van der Waals surface area contributed by atoms with Gasteiger partial charge in [0.05, 0.1) is 4.92 Å². The molecule has 2 rings (SSSR count). The minimum Gasteiger partial charge on any atom is -0.478 e. The molecule has 1 amide bonds. The van der Waals surface area contributed by atoms with Gasteiger partial charge in [-0.1, -0.05) is 12.1 Å². The predicted molar refractivity (Wildman–Crippen MR) is 72.5 cm³/mol. The predicted octanol–water partition coefficient (Wildman–Crippen LogP) is 1.68. The number of nitrogen functional groups attached to an aromatic ring is 1. The number of carbonyl (C=O) groups excluding carboxylic acids is 1. The Hall–Kier alpha value is -2.87. The fourth-order valence-electron chi connectivity index (χ4n) is 1.76. The Bertz CT molecular complexity index is 680. The van der Waals surface area contributed by atoms with Gasteiger partial charge >= 0.3 is 11.6 Å². The molecule has 0 atom stereocenters. The summed E-state index contributed by atoms with van der Waals surface area (Å²) in [6.45, 7) is 1.67. The van der Waals surface area contributed by atoms with Crippen LogP contribution in [-0.4, -0.2) is 10.8 Å². The summed E-state index contributed by atoms with van der Waals surface area (Å²) in [5, 5.41) is 11.0. The van der Waals surface area contributed by atoms with Crippen molar-refractivity contribution in [3.8, 4) is 5.75 Å². The highest BCUT2D eigenvalue weighted by atomic mass is 16.6. The number of nitrogens with two attached hydrogens (primary N) is 1. The van der Waals surface area contributed by atoms with Gasteiger partial charge < -0.3 is 9.15 Å². The zero-order chi connectivity index (χ0) is 15.4. The fourth-order valence-corrected chi connectivity index (χ4v) is 1.76. The molecule has 0 aliphatic carbocycles. The molecule has 2 aromatic rings. The Morgan fingerprint density at radius 3 is 2.86 bits per heavy atom. The highest BCUT2D eigenvalue weighted by Crippen LogP contribution is 2.31. The second-order valence-corrected chi connectivity index (χ2v) is 4.21. The van der Waals surface area contributed by atoms with Crippen LogP contribution >= 0.6 is 0 Å². The first kappa shape index (κ1) is 14.5. The molecular weight excluding hydrogens is 278 g/mol. The summed E-state index contributed by atoms with van der Waals surface area (Å²) in [7, 11) is 0. The van der Waals surface area contributed by atoms with Gasteiger partial charge in [0.2, 0.25) is 5.75 Å². The summed E-state index contributed by atoms with van der Waals surface area (Å²) < 4.78 is 10.7. The average molecular weight is 291 g/mol. The molecule has 0 bridgehead atoms. The van der Waals surface area contributed by atoms with Gasteiger partial charge in [-0.15, -0.1) is 0 Å². The first-order chi connectivity index (χ1) is 10.0. The van der Waals surface area contributed by atoms with Crippen molar-refractivity contribution < 1.29 is 18.9 Å². The van der Waals surface area contributed by atoms with Crippen LogP contribution in [0.5, 0.6) is 5.75 Å². The van der Waals surface area contributed by atoms with E-state index in [1.54, 1.807) is 19.1 Å². The van der Waals surface area contributed by atoms with Gasteiger partial charge in [-0.25, -0.2) is 5.84 Å². The van der Waals surface area contributed by atoms with E-state index in [9.17, 15) is 14.9 Å². The summed E-state index contributed by atoms with van der Waals surface area (Å²) in [5.74, 6) is 4.98. The zero-order valence-corrected chi connectivity index (χ0v) is 11.2. The molecule has 8 nitrogen and oxygen atoms in total. The number of hydrazine groups is 1. The van der Waals surface area contributed by atoms with Crippen molar-refractivity contribution in [2.24, 2.45) is 5.84 Å². The number of para-hydroxylation sites is 1. The number of nitrogens with one attached hydrogen (secondary N) is 1. The van der Waals surface area contributed by atoms with Crippen molar-refractivity contribution >= 4 is 11.6 Å². The fraction of sp³-hybridized carbons (Fsp3) is 0.154. The highest BCUT2D eigenvalue weighted by Gasteiger charge is 2.18. The topological polar surface area (TPSA) is 121 Å². The lowest BCUT2D eigenvalue weighted by molar-refractivity contribution is -0.386. The lowest BCUT2D eigenvalue weighted by atomic mass is 10.2. The van der Waals surface area contributed by atoms with Gasteiger partial charge in [0.25, 0.3) is 0 Å². The van der Waals surface area contributed by atoms with E-state index in [0.717, 1.165) is 0 Å². The number of nitrogens with zero attached hydrogens (tertiary/aromatic N) is 1. The van der Waals surface area contributed by atoms with Crippen molar-refractivity contribution in [3.63, 3.8) is 0 Å². The molecule has 0 saturated heterocycles. The summed E-state index contributed by atoms with van der Waals surface area (Å²) >= 11 is 0. The first-order valence-electron chi connectivity index (χ1n) is 5.99. The van der Waals surface area contributed by atoms with Gasteiger partial charge in [0.15, 0.2) is 5.76 Å². The molecule has 0 unspecified atom stereocenters. The zero-order valence-electron chi connectivity index (χ0n) is 11.2. The maximum absolute atomic E-state index is 11.2. The molecular formula is C13H13N3O5. The molecule has 1 aromatic heterocycles. The number of rotatable bonds is 5. The third kappa shape index (κ3) is 3.18. The third-order valence-electron chi connectivity index (χ3n) is 2.76. The molecule has 1 aromatic carbocycles. The van der Waals surface area contributed by atoms with E-state index in [2.05, 4.69) is 0 Å². The lowest BCUT2D eigenvalue weighted by Crippen LogP contribution is -2.29. The van der Waals surface area contributed by atoms with Crippen LogP contribution in [0.4, 0.5) is 5.69 Å². The Balaban J connectivity index is 2.15. The molecule has 110 valence electrons. The molecule has 0 radical (unpaired) electrons. The molecule has 0 spiro atoms. The van der Waals surface area contributed by atoms with Crippen LogP contribution in [-0.2, 0) is 6.61 Å². The number of nitro benzene ring substituents is 1. The maximum Gasteiger partial charge on any atom is 0.311 e. The molecule has 3 N–H and O–H groups in total. The minimum atomic E-state index is -0.567. The van der Waals surface area contributed by atoms with Crippen LogP contribution in [0.15, 0.2) is 34.7 Å². The largest absolute Gasteiger partial charge is 0.478 e. The number of nitro groups is 1. The van der Waals surface area contributed by atoms with Crippen molar-refractivity contribution in [1.82, 2.24) is 5.43 Å². The van der Waals surface area contributed by atoms with E-state index >= 15 is 0 Å². The van der Waals surface area contributed by atoms with Crippen LogP contribution in [0.1, 0.15) is 21.9 Å². The Morgan fingerprint density at radius 2 is 2.19 bits per heavy atom. The van der Waals surface area contributed by atoms with E-state index in [1.807, 2.05) is 5.43 Å². The molecule has 0 fully saturated rings. The first-order valence-corrected chi connectivity index (χ1v) is 5.99. The van der Waals surface area contributed by atoms with E-state index < -0.39 is 10.8 Å². The molecule has 8 heteroatoms. The van der Waals surface area contributed by atoms with Crippen molar-refractivity contribution in [2.45, 2.75) is 13.5 Å². The molecule has 0 aliphatic heterocycles. The van der Waals surface area contributed by atoms with Crippen LogP contribution in [0, 0.1) is 17.0 Å².